The van der Waals surface area contributed by atoms with Crippen molar-refractivity contribution in [2.45, 2.75) is 37.4 Å². The average Bonchev–Trinajstić information content (AvgIpc) is 2.73. The molecule has 0 aliphatic carbocycles. The zero-order valence-electron chi connectivity index (χ0n) is 9.01. The minimum Gasteiger partial charge on any atom is -0.382 e. The molecular weight excluding hydrogens is 214 g/mol. The van der Waals surface area contributed by atoms with Gasteiger partial charge in [-0.15, -0.1) is 0 Å². The maximum absolute atomic E-state index is 9.34. The van der Waals surface area contributed by atoms with Gasteiger partial charge in [-0.3, -0.25) is 0 Å². The highest BCUT2D eigenvalue weighted by Crippen LogP contribution is 2.19. The predicted molar refractivity (Wildman–Crippen MR) is 59.4 cm³/mol. The van der Waals surface area contributed by atoms with Gasteiger partial charge in [-0.25, -0.2) is 0 Å². The van der Waals surface area contributed by atoms with Crippen LogP contribution in [0.4, 0.5) is 0 Å². The standard InChI is InChI=1S/C9H17N3O2S/c1-3-6(2)15-5-8-11-9(14-12-8)7(13)4-10/h6-7,13H,3-5,10H2,1-2H3/t6?,7-/m0/s1. The van der Waals surface area contributed by atoms with Gasteiger partial charge in [0.1, 0.15) is 6.10 Å². The summed E-state index contributed by atoms with van der Waals surface area (Å²) in [4.78, 5) is 4.06. The lowest BCUT2D eigenvalue weighted by atomic mass is 10.4. The number of nitrogens with zero attached hydrogens (tertiary/aromatic N) is 2. The van der Waals surface area contributed by atoms with Gasteiger partial charge in [-0.05, 0) is 6.42 Å². The molecule has 15 heavy (non-hydrogen) atoms. The van der Waals surface area contributed by atoms with Crippen LogP contribution < -0.4 is 5.73 Å². The molecule has 0 fully saturated rings. The molecule has 0 amide bonds. The summed E-state index contributed by atoms with van der Waals surface area (Å²) in [5.41, 5.74) is 5.27. The molecule has 0 radical (unpaired) electrons. The van der Waals surface area contributed by atoms with Crippen LogP contribution in [0.25, 0.3) is 0 Å². The lowest BCUT2D eigenvalue weighted by molar-refractivity contribution is 0.141. The number of thioether (sulfide) groups is 1. The van der Waals surface area contributed by atoms with Gasteiger partial charge in [0.05, 0.1) is 5.75 Å². The van der Waals surface area contributed by atoms with E-state index in [-0.39, 0.29) is 12.4 Å². The number of nitrogens with two attached hydrogens (primary N) is 1. The number of aromatic nitrogens is 2. The van der Waals surface area contributed by atoms with Crippen LogP contribution in [0.2, 0.25) is 0 Å². The predicted octanol–water partition coefficient (Wildman–Crippen LogP) is 1.09. The van der Waals surface area contributed by atoms with Gasteiger partial charge in [0.25, 0.3) is 5.89 Å². The van der Waals surface area contributed by atoms with E-state index >= 15 is 0 Å². The minimum atomic E-state index is -0.847. The first kappa shape index (κ1) is 12.5. The molecule has 0 aromatic carbocycles. The molecule has 0 spiro atoms. The van der Waals surface area contributed by atoms with Crippen molar-refractivity contribution < 1.29 is 9.63 Å². The Morgan fingerprint density at radius 2 is 2.33 bits per heavy atom. The molecule has 0 bridgehead atoms. The number of rotatable bonds is 6. The molecule has 1 aromatic rings. The van der Waals surface area contributed by atoms with Gasteiger partial charge >= 0.3 is 0 Å². The molecule has 3 N–H and O–H groups in total. The SMILES string of the molecule is CCC(C)SCc1noc([C@@H](O)CN)n1. The van der Waals surface area contributed by atoms with E-state index in [9.17, 15) is 5.11 Å². The fourth-order valence-electron chi connectivity index (χ4n) is 0.897. The Morgan fingerprint density at radius 1 is 1.60 bits per heavy atom. The lowest BCUT2D eigenvalue weighted by Gasteiger charge is -2.04. The van der Waals surface area contributed by atoms with Crippen molar-refractivity contribution in [3.05, 3.63) is 11.7 Å². The van der Waals surface area contributed by atoms with Crippen molar-refractivity contribution in [2.75, 3.05) is 6.54 Å². The zero-order chi connectivity index (χ0) is 11.3. The molecule has 1 rings (SSSR count). The Labute approximate surface area is 93.4 Å². The Balaban J connectivity index is 2.46. The molecule has 0 aliphatic heterocycles. The van der Waals surface area contributed by atoms with E-state index in [1.165, 1.54) is 0 Å². The summed E-state index contributed by atoms with van der Waals surface area (Å²) in [6.07, 6.45) is 0.265. The third-order valence-electron chi connectivity index (χ3n) is 2.06. The molecule has 1 unspecified atom stereocenters. The van der Waals surface area contributed by atoms with Gasteiger partial charge in [-0.1, -0.05) is 19.0 Å². The highest BCUT2D eigenvalue weighted by Gasteiger charge is 2.14. The van der Waals surface area contributed by atoms with Crippen molar-refractivity contribution in [2.24, 2.45) is 5.73 Å². The molecule has 0 saturated carbocycles. The van der Waals surface area contributed by atoms with Crippen LogP contribution in [0, 0.1) is 0 Å². The number of hydrogen-bond donors (Lipinski definition) is 2. The largest absolute Gasteiger partial charge is 0.382 e. The van der Waals surface area contributed by atoms with E-state index < -0.39 is 6.10 Å². The molecule has 0 aliphatic rings. The monoisotopic (exact) mass is 231 g/mol. The summed E-state index contributed by atoms with van der Waals surface area (Å²) in [6.45, 7) is 4.39. The van der Waals surface area contributed by atoms with Gasteiger partial charge in [0, 0.05) is 11.8 Å². The summed E-state index contributed by atoms with van der Waals surface area (Å²) < 4.78 is 4.88. The van der Waals surface area contributed by atoms with Crippen molar-refractivity contribution >= 4 is 11.8 Å². The molecule has 2 atom stereocenters. The quantitative estimate of drug-likeness (QED) is 0.762. The van der Waals surface area contributed by atoms with Gasteiger partial charge in [0.2, 0.25) is 0 Å². The molecular formula is C9H17N3O2S. The van der Waals surface area contributed by atoms with E-state index in [2.05, 4.69) is 24.0 Å². The second-order valence-corrected chi connectivity index (χ2v) is 4.76. The Morgan fingerprint density at radius 3 is 2.93 bits per heavy atom. The van der Waals surface area contributed by atoms with Crippen LogP contribution in [0.15, 0.2) is 4.52 Å². The maximum atomic E-state index is 9.34. The summed E-state index contributed by atoms with van der Waals surface area (Å²) in [5.74, 6) is 1.52. The van der Waals surface area contributed by atoms with Gasteiger partial charge in [-0.2, -0.15) is 16.7 Å². The number of aliphatic hydroxyl groups excluding tert-OH is 1. The molecule has 6 heteroatoms. The van der Waals surface area contributed by atoms with Crippen LogP contribution in [0.3, 0.4) is 0 Å². The first-order valence-electron chi connectivity index (χ1n) is 4.99. The highest BCUT2D eigenvalue weighted by atomic mass is 32.2. The van der Waals surface area contributed by atoms with E-state index in [1.807, 2.05) is 0 Å². The number of hydrogen-bond acceptors (Lipinski definition) is 6. The summed E-state index contributed by atoms with van der Waals surface area (Å²) in [6, 6.07) is 0. The molecule has 0 saturated heterocycles. The Hall–Kier alpha value is -0.590. The van der Waals surface area contributed by atoms with Crippen molar-refractivity contribution in [3.63, 3.8) is 0 Å². The molecule has 1 heterocycles. The van der Waals surface area contributed by atoms with Crippen LogP contribution in [0.5, 0.6) is 0 Å². The van der Waals surface area contributed by atoms with Crippen molar-refractivity contribution in [1.82, 2.24) is 10.1 Å². The summed E-state index contributed by atoms with van der Waals surface area (Å²) in [7, 11) is 0. The van der Waals surface area contributed by atoms with E-state index in [0.717, 1.165) is 6.42 Å². The van der Waals surface area contributed by atoms with E-state index in [0.29, 0.717) is 16.8 Å². The van der Waals surface area contributed by atoms with E-state index in [1.54, 1.807) is 11.8 Å². The fourth-order valence-corrected chi connectivity index (χ4v) is 1.68. The topological polar surface area (TPSA) is 85.2 Å². The zero-order valence-corrected chi connectivity index (χ0v) is 9.83. The fraction of sp³-hybridized carbons (Fsp3) is 0.778. The van der Waals surface area contributed by atoms with E-state index in [4.69, 9.17) is 10.3 Å². The van der Waals surface area contributed by atoms with Crippen molar-refractivity contribution in [3.8, 4) is 0 Å². The number of aliphatic hydroxyl groups is 1. The first-order valence-corrected chi connectivity index (χ1v) is 6.04. The van der Waals surface area contributed by atoms with Crippen LogP contribution >= 0.6 is 11.8 Å². The van der Waals surface area contributed by atoms with Crippen molar-refractivity contribution in [1.29, 1.82) is 0 Å². The van der Waals surface area contributed by atoms with Gasteiger partial charge in [0.15, 0.2) is 5.82 Å². The normalized spacial score (nSPS) is 15.2. The third-order valence-corrected chi connectivity index (χ3v) is 3.39. The minimum absolute atomic E-state index is 0.0974. The molecule has 5 nitrogen and oxygen atoms in total. The first-order chi connectivity index (χ1) is 7.17. The second-order valence-electron chi connectivity index (χ2n) is 3.33. The lowest BCUT2D eigenvalue weighted by Crippen LogP contribution is -2.11. The smallest absolute Gasteiger partial charge is 0.256 e. The Kier molecular flexibility index (Phi) is 5.07. The van der Waals surface area contributed by atoms with Crippen LogP contribution in [-0.4, -0.2) is 27.0 Å². The maximum Gasteiger partial charge on any atom is 0.256 e. The summed E-state index contributed by atoms with van der Waals surface area (Å²) >= 11 is 1.76. The molecule has 1 aromatic heterocycles. The van der Waals surface area contributed by atoms with Gasteiger partial charge < -0.3 is 15.4 Å². The van der Waals surface area contributed by atoms with Crippen LogP contribution in [-0.2, 0) is 5.75 Å². The molecule has 86 valence electrons. The third kappa shape index (κ3) is 3.81. The summed E-state index contributed by atoms with van der Waals surface area (Å²) in [5, 5.41) is 13.7. The Bertz CT molecular complexity index is 293. The average molecular weight is 231 g/mol. The highest BCUT2D eigenvalue weighted by molar-refractivity contribution is 7.99. The second kappa shape index (κ2) is 6.09. The van der Waals surface area contributed by atoms with Crippen LogP contribution in [0.1, 0.15) is 38.1 Å².